The average molecular weight is 169 g/mol. The van der Waals surface area contributed by atoms with Crippen LogP contribution in [0.4, 0.5) is 0 Å². The van der Waals surface area contributed by atoms with Gasteiger partial charge in [0.1, 0.15) is 0 Å². The number of hydrogen-bond donors (Lipinski definition) is 0. The van der Waals surface area contributed by atoms with Gasteiger partial charge in [-0.05, 0) is 27.7 Å². The molecule has 1 aliphatic rings. The lowest BCUT2D eigenvalue weighted by Crippen LogP contribution is -2.63. The van der Waals surface area contributed by atoms with Gasteiger partial charge < -0.3 is 0 Å². The van der Waals surface area contributed by atoms with Crippen LogP contribution in [0.5, 0.6) is 0 Å². The van der Waals surface area contributed by atoms with Crippen LogP contribution >= 0.6 is 0 Å². The molecule has 0 spiro atoms. The van der Waals surface area contributed by atoms with Crippen LogP contribution < -0.4 is 0 Å². The first-order valence-electron chi connectivity index (χ1n) is 4.87. The predicted octanol–water partition coefficient (Wildman–Crippen LogP) is 1.90. The number of rotatable bonds is 2. The maximum absolute atomic E-state index is 2.46. The summed E-state index contributed by atoms with van der Waals surface area (Å²) in [5, 5.41) is 0. The Labute approximate surface area is 75.9 Å². The molecular weight excluding hydrogens is 148 g/mol. The highest BCUT2D eigenvalue weighted by molar-refractivity contribution is 5.78. The van der Waals surface area contributed by atoms with E-state index in [2.05, 4.69) is 51.0 Å². The quantitative estimate of drug-likeness (QED) is 0.572. The summed E-state index contributed by atoms with van der Waals surface area (Å²) in [7, 11) is 0. The molecule has 0 saturated carbocycles. The predicted molar refractivity (Wildman–Crippen MR) is 52.5 cm³/mol. The topological polar surface area (TPSA) is 6.25 Å². The van der Waals surface area contributed by atoms with E-state index < -0.39 is 0 Å². The highest BCUT2D eigenvalue weighted by atomic mass is 15.5. The number of hydrogen-bond acceptors (Lipinski definition) is 1. The Morgan fingerprint density at radius 1 is 1.25 bits per heavy atom. The van der Waals surface area contributed by atoms with Crippen molar-refractivity contribution in [2.75, 3.05) is 0 Å². The fourth-order valence-electron chi connectivity index (χ4n) is 2.36. The van der Waals surface area contributed by atoms with Gasteiger partial charge in [-0.2, -0.15) is 0 Å². The third-order valence-electron chi connectivity index (χ3n) is 2.67. The van der Waals surface area contributed by atoms with Crippen LogP contribution in [0.2, 0.25) is 0 Å². The van der Waals surface area contributed by atoms with Gasteiger partial charge in [0.2, 0.25) is 6.17 Å². The van der Waals surface area contributed by atoms with Crippen molar-refractivity contribution in [3.63, 3.8) is 0 Å². The van der Waals surface area contributed by atoms with Gasteiger partial charge in [-0.15, -0.1) is 0 Å². The summed E-state index contributed by atoms with van der Waals surface area (Å²) in [6.45, 7) is 13.5. The molecule has 0 aliphatic carbocycles. The fourth-order valence-corrected chi connectivity index (χ4v) is 2.36. The number of amidine groups is 1. The van der Waals surface area contributed by atoms with Crippen molar-refractivity contribution in [2.24, 2.45) is 0 Å². The molecule has 0 aromatic rings. The molecule has 0 fully saturated rings. The third-order valence-corrected chi connectivity index (χ3v) is 2.67. The largest absolute Gasteiger partial charge is 0.250 e. The van der Waals surface area contributed by atoms with E-state index in [9.17, 15) is 0 Å². The second kappa shape index (κ2) is 3.08. The van der Waals surface area contributed by atoms with Crippen LogP contribution in [0.3, 0.4) is 0 Å². The third kappa shape index (κ3) is 1.23. The molecular formula is C10H21N2+. The summed E-state index contributed by atoms with van der Waals surface area (Å²) in [5.74, 6) is 1.42. The molecule has 1 atom stereocenters. The smallest absolute Gasteiger partial charge is 0.224 e. The molecule has 0 bridgehead atoms. The van der Waals surface area contributed by atoms with E-state index in [0.29, 0.717) is 18.2 Å². The molecule has 2 nitrogen and oxygen atoms in total. The summed E-state index contributed by atoms with van der Waals surface area (Å²) in [5.41, 5.74) is 0. The Morgan fingerprint density at radius 2 is 1.75 bits per heavy atom. The lowest BCUT2D eigenvalue weighted by atomic mass is 10.1. The molecule has 0 aromatic heterocycles. The molecule has 1 unspecified atom stereocenters. The van der Waals surface area contributed by atoms with Gasteiger partial charge >= 0.3 is 0 Å². The number of nitrogens with zero attached hydrogens (tertiary/aromatic N) is 2. The molecule has 1 aliphatic heterocycles. The van der Waals surface area contributed by atoms with Crippen LogP contribution in [-0.2, 0) is 0 Å². The molecule has 1 rings (SSSR count). The van der Waals surface area contributed by atoms with Crippen molar-refractivity contribution >= 4 is 5.84 Å². The Hall–Kier alpha value is -0.530. The van der Waals surface area contributed by atoms with Gasteiger partial charge in [0.05, 0.1) is 12.1 Å². The van der Waals surface area contributed by atoms with Gasteiger partial charge in [-0.25, -0.2) is 9.48 Å². The Bertz CT molecular complexity index is 204. The van der Waals surface area contributed by atoms with Crippen molar-refractivity contribution in [2.45, 2.75) is 59.8 Å². The van der Waals surface area contributed by atoms with Gasteiger partial charge in [0.25, 0.3) is 5.84 Å². The first kappa shape index (κ1) is 9.56. The lowest BCUT2D eigenvalue weighted by molar-refractivity contribution is -0.652. The molecule has 1 heterocycles. The van der Waals surface area contributed by atoms with Crippen molar-refractivity contribution in [3.8, 4) is 0 Å². The summed E-state index contributed by atoms with van der Waals surface area (Å²) in [6, 6.07) is 1.27. The summed E-state index contributed by atoms with van der Waals surface area (Å²) >= 11 is 0. The molecule has 12 heavy (non-hydrogen) atoms. The van der Waals surface area contributed by atoms with E-state index in [1.807, 2.05) is 0 Å². The standard InChI is InChI=1S/C10H21N2/c1-7(2)11-9(5)12(8(3)4)10(11)6/h7-9H,1-6H3/q+1. The highest BCUT2D eigenvalue weighted by Gasteiger charge is 2.42. The highest BCUT2D eigenvalue weighted by Crippen LogP contribution is 2.19. The molecule has 0 aromatic carbocycles. The van der Waals surface area contributed by atoms with Crippen molar-refractivity contribution in [1.29, 1.82) is 0 Å². The second-order valence-electron chi connectivity index (χ2n) is 4.18. The Balaban J connectivity index is 2.80. The van der Waals surface area contributed by atoms with Crippen LogP contribution in [0.1, 0.15) is 41.5 Å². The molecule has 0 amide bonds. The van der Waals surface area contributed by atoms with E-state index in [1.165, 1.54) is 5.84 Å². The Kier molecular flexibility index (Phi) is 2.45. The van der Waals surface area contributed by atoms with Gasteiger partial charge in [-0.3, -0.25) is 0 Å². The van der Waals surface area contributed by atoms with Crippen molar-refractivity contribution in [1.82, 2.24) is 4.90 Å². The van der Waals surface area contributed by atoms with Crippen LogP contribution in [-0.4, -0.2) is 33.6 Å². The zero-order chi connectivity index (χ0) is 9.46. The van der Waals surface area contributed by atoms with E-state index in [-0.39, 0.29) is 0 Å². The normalized spacial score (nSPS) is 24.0. The minimum absolute atomic E-state index is 0.588. The first-order valence-corrected chi connectivity index (χ1v) is 4.87. The fraction of sp³-hybridized carbons (Fsp3) is 0.900. The molecule has 0 N–H and O–H groups in total. The van der Waals surface area contributed by atoms with Crippen LogP contribution in [0.15, 0.2) is 0 Å². The molecule has 2 heteroatoms. The molecule has 70 valence electrons. The minimum atomic E-state index is 0.588. The monoisotopic (exact) mass is 169 g/mol. The first-order chi connectivity index (χ1) is 5.46. The zero-order valence-corrected chi connectivity index (χ0v) is 9.13. The summed E-state index contributed by atoms with van der Waals surface area (Å²) in [4.78, 5) is 2.46. The van der Waals surface area contributed by atoms with Gasteiger partial charge in [0, 0.05) is 13.8 Å². The van der Waals surface area contributed by atoms with Crippen LogP contribution in [0.25, 0.3) is 0 Å². The molecule has 0 saturated heterocycles. The van der Waals surface area contributed by atoms with E-state index in [0.717, 1.165) is 0 Å². The van der Waals surface area contributed by atoms with Crippen molar-refractivity contribution in [3.05, 3.63) is 0 Å². The van der Waals surface area contributed by atoms with E-state index >= 15 is 0 Å². The molecule has 0 radical (unpaired) electrons. The SMILES string of the molecule is CC1=[N+](C(C)C)C(C)N1C(C)C. The van der Waals surface area contributed by atoms with Gasteiger partial charge in [-0.1, -0.05) is 0 Å². The maximum atomic E-state index is 2.46. The van der Waals surface area contributed by atoms with Crippen LogP contribution in [0, 0.1) is 0 Å². The maximum Gasteiger partial charge on any atom is 0.250 e. The minimum Gasteiger partial charge on any atom is -0.224 e. The Morgan fingerprint density at radius 3 is 2.00 bits per heavy atom. The zero-order valence-electron chi connectivity index (χ0n) is 9.13. The van der Waals surface area contributed by atoms with Crippen molar-refractivity contribution < 1.29 is 4.58 Å². The van der Waals surface area contributed by atoms with E-state index in [4.69, 9.17) is 0 Å². The van der Waals surface area contributed by atoms with Gasteiger partial charge in [0.15, 0.2) is 0 Å². The second-order valence-corrected chi connectivity index (χ2v) is 4.18. The summed E-state index contributed by atoms with van der Waals surface area (Å²) < 4.78 is 2.46. The lowest BCUT2D eigenvalue weighted by Gasteiger charge is -2.39. The van der Waals surface area contributed by atoms with E-state index in [1.54, 1.807) is 0 Å². The summed E-state index contributed by atoms with van der Waals surface area (Å²) in [6.07, 6.45) is 0.588. The average Bonchev–Trinajstić information content (AvgIpc) is 1.84.